The average Bonchev–Trinajstić information content (AvgIpc) is 3.39. The van der Waals surface area contributed by atoms with Gasteiger partial charge in [-0.15, -0.1) is 0 Å². The first-order valence-electron chi connectivity index (χ1n) is 15.6. The number of aliphatic hydroxyl groups excluding tert-OH is 2. The number of nitrogens with one attached hydrogen (secondary N) is 1. The van der Waals surface area contributed by atoms with Crippen LogP contribution in [0.1, 0.15) is 83.8 Å². The molecule has 1 amide bonds. The van der Waals surface area contributed by atoms with Crippen LogP contribution < -0.4 is 5.32 Å². The van der Waals surface area contributed by atoms with Gasteiger partial charge in [-0.05, 0) is 59.6 Å². The van der Waals surface area contributed by atoms with E-state index in [1.165, 1.54) is 18.2 Å². The van der Waals surface area contributed by atoms with Crippen LogP contribution in [0.25, 0.3) is 0 Å². The predicted octanol–water partition coefficient (Wildman–Crippen LogP) is 4.34. The van der Waals surface area contributed by atoms with Crippen molar-refractivity contribution in [3.8, 4) is 5.75 Å². The van der Waals surface area contributed by atoms with Crippen molar-refractivity contribution in [1.82, 2.24) is 10.2 Å². The molecular formula is C37H36N2O9. The van der Waals surface area contributed by atoms with E-state index in [0.717, 1.165) is 22.3 Å². The Kier molecular flexibility index (Phi) is 9.95. The average molecular weight is 653 g/mol. The number of benzene rings is 4. The summed E-state index contributed by atoms with van der Waals surface area (Å²) in [5.74, 6) is -1.79. The molecule has 48 heavy (non-hydrogen) atoms. The zero-order valence-electron chi connectivity index (χ0n) is 26.2. The van der Waals surface area contributed by atoms with E-state index in [2.05, 4.69) is 10.1 Å². The van der Waals surface area contributed by atoms with Gasteiger partial charge in [-0.3, -0.25) is 4.79 Å². The third-order valence-electron chi connectivity index (χ3n) is 8.48. The van der Waals surface area contributed by atoms with Crippen LogP contribution in [0.5, 0.6) is 5.75 Å². The fraction of sp³-hybridized carbons (Fsp3) is 0.270. The number of carbonyl (C=O) groups is 3. The van der Waals surface area contributed by atoms with Crippen LogP contribution in [0.3, 0.4) is 0 Å². The standard InChI is InChI=1S/C37H36N2O9/c1-39(20-32(42)26-3-2-4-28(41)15-26)19-29-17-33(24-9-7-23(21-40)8-10-24)47-37(46-29)25-11-5-22(6-12-25)18-38-34(43)27-13-14-30-31(16-27)36(45)48-35(30)44/h2-16,29,32-33,37,40-42H,17-21H2,1H3,(H,38,43). The number of fused-ring (bicyclic) bond motifs is 1. The second-order valence-corrected chi connectivity index (χ2v) is 12.0. The van der Waals surface area contributed by atoms with Crippen LogP contribution >= 0.6 is 0 Å². The molecule has 0 aliphatic carbocycles. The van der Waals surface area contributed by atoms with Crippen LogP contribution in [0.15, 0.2) is 91.0 Å². The third kappa shape index (κ3) is 7.62. The van der Waals surface area contributed by atoms with Crippen LogP contribution in [-0.4, -0.2) is 64.3 Å². The number of hydrogen-bond acceptors (Lipinski definition) is 10. The van der Waals surface area contributed by atoms with Gasteiger partial charge in [-0.1, -0.05) is 60.7 Å². The highest BCUT2D eigenvalue weighted by Crippen LogP contribution is 2.38. The normalized spacial score (nSPS) is 19.5. The second-order valence-electron chi connectivity index (χ2n) is 12.0. The Labute approximate surface area is 277 Å². The van der Waals surface area contributed by atoms with E-state index in [9.17, 15) is 29.7 Å². The van der Waals surface area contributed by atoms with Crippen molar-refractivity contribution in [3.63, 3.8) is 0 Å². The molecule has 0 saturated carbocycles. The summed E-state index contributed by atoms with van der Waals surface area (Å²) in [4.78, 5) is 38.3. The molecule has 4 aromatic rings. The number of hydrogen-bond donors (Lipinski definition) is 4. The summed E-state index contributed by atoms with van der Waals surface area (Å²) in [6.07, 6.45) is -1.44. The fourth-order valence-electron chi connectivity index (χ4n) is 5.89. The van der Waals surface area contributed by atoms with Gasteiger partial charge >= 0.3 is 11.9 Å². The molecule has 6 rings (SSSR count). The zero-order valence-corrected chi connectivity index (χ0v) is 26.2. The van der Waals surface area contributed by atoms with E-state index >= 15 is 0 Å². The molecule has 248 valence electrons. The van der Waals surface area contributed by atoms with E-state index in [1.807, 2.05) is 60.5 Å². The van der Waals surface area contributed by atoms with Gasteiger partial charge in [0.2, 0.25) is 0 Å². The predicted molar refractivity (Wildman–Crippen MR) is 173 cm³/mol. The molecule has 11 heteroatoms. The van der Waals surface area contributed by atoms with Gasteiger partial charge in [0.1, 0.15) is 5.75 Å². The highest BCUT2D eigenvalue weighted by molar-refractivity contribution is 6.15. The Morgan fingerprint density at radius 1 is 0.896 bits per heavy atom. The Hall–Kier alpha value is -4.91. The maximum Gasteiger partial charge on any atom is 0.346 e. The van der Waals surface area contributed by atoms with Crippen molar-refractivity contribution in [2.24, 2.45) is 0 Å². The molecule has 2 aliphatic heterocycles. The maximum atomic E-state index is 12.8. The number of rotatable bonds is 11. The van der Waals surface area contributed by atoms with E-state index in [0.29, 0.717) is 25.1 Å². The molecule has 4 atom stereocenters. The quantitative estimate of drug-likeness (QED) is 0.136. The van der Waals surface area contributed by atoms with Crippen molar-refractivity contribution in [3.05, 3.63) is 136 Å². The Morgan fingerprint density at radius 2 is 1.60 bits per heavy atom. The largest absolute Gasteiger partial charge is 0.508 e. The van der Waals surface area contributed by atoms with Gasteiger partial charge in [0.25, 0.3) is 5.91 Å². The number of nitrogens with zero attached hydrogens (tertiary/aromatic N) is 1. The molecule has 1 fully saturated rings. The minimum Gasteiger partial charge on any atom is -0.508 e. The molecule has 0 radical (unpaired) electrons. The van der Waals surface area contributed by atoms with Crippen LogP contribution in [0, 0.1) is 0 Å². The Bertz CT molecular complexity index is 1790. The maximum absolute atomic E-state index is 12.8. The molecule has 4 aromatic carbocycles. The van der Waals surface area contributed by atoms with E-state index in [1.54, 1.807) is 24.3 Å². The molecule has 2 aliphatic rings. The lowest BCUT2D eigenvalue weighted by atomic mass is 9.99. The molecular weight excluding hydrogens is 616 g/mol. The minimum absolute atomic E-state index is 0.0533. The molecule has 11 nitrogen and oxygen atoms in total. The molecule has 1 saturated heterocycles. The number of aliphatic hydroxyl groups is 2. The smallest absolute Gasteiger partial charge is 0.346 e. The third-order valence-corrected chi connectivity index (χ3v) is 8.48. The molecule has 2 heterocycles. The van der Waals surface area contributed by atoms with Crippen LogP contribution in [-0.2, 0) is 27.4 Å². The number of ether oxygens (including phenoxy) is 3. The number of aromatic hydroxyl groups is 1. The van der Waals surface area contributed by atoms with Gasteiger partial charge in [0.05, 0.1) is 36.0 Å². The number of carbonyl (C=O) groups excluding carboxylic acids is 3. The first-order chi connectivity index (χ1) is 23.2. The lowest BCUT2D eigenvalue weighted by Gasteiger charge is -2.38. The number of phenolic OH excluding ortho intramolecular Hbond substituents is 1. The van der Waals surface area contributed by atoms with E-state index in [-0.39, 0.29) is 47.8 Å². The van der Waals surface area contributed by atoms with Gasteiger partial charge in [0.15, 0.2) is 6.29 Å². The van der Waals surface area contributed by atoms with E-state index < -0.39 is 30.2 Å². The first kappa shape index (κ1) is 33.0. The molecule has 0 aromatic heterocycles. The van der Waals surface area contributed by atoms with Gasteiger partial charge in [0, 0.05) is 37.2 Å². The van der Waals surface area contributed by atoms with E-state index in [4.69, 9.17) is 9.47 Å². The summed E-state index contributed by atoms with van der Waals surface area (Å²) in [7, 11) is 1.90. The zero-order chi connectivity index (χ0) is 33.8. The van der Waals surface area contributed by atoms with Gasteiger partial charge in [-0.25, -0.2) is 9.59 Å². The summed E-state index contributed by atoms with van der Waals surface area (Å²) >= 11 is 0. The number of esters is 2. The molecule has 0 spiro atoms. The van der Waals surface area contributed by atoms with Crippen molar-refractivity contribution in [1.29, 1.82) is 0 Å². The second kappa shape index (κ2) is 14.5. The highest BCUT2D eigenvalue weighted by Gasteiger charge is 2.33. The van der Waals surface area contributed by atoms with Crippen LogP contribution in [0.2, 0.25) is 0 Å². The van der Waals surface area contributed by atoms with Gasteiger partial charge in [-0.2, -0.15) is 0 Å². The first-order valence-corrected chi connectivity index (χ1v) is 15.6. The lowest BCUT2D eigenvalue weighted by molar-refractivity contribution is -0.252. The Balaban J connectivity index is 1.12. The number of phenols is 1. The summed E-state index contributed by atoms with van der Waals surface area (Å²) in [6.45, 7) is 1.02. The topological polar surface area (TPSA) is 155 Å². The van der Waals surface area contributed by atoms with Gasteiger partial charge < -0.3 is 39.7 Å². The van der Waals surface area contributed by atoms with Crippen molar-refractivity contribution < 1.29 is 43.9 Å². The summed E-state index contributed by atoms with van der Waals surface area (Å²) in [5, 5.41) is 32.9. The highest BCUT2D eigenvalue weighted by atomic mass is 16.7. The van der Waals surface area contributed by atoms with Crippen molar-refractivity contribution >= 4 is 17.8 Å². The summed E-state index contributed by atoms with van der Waals surface area (Å²) in [6, 6.07) is 25.9. The minimum atomic E-state index is -0.795. The van der Waals surface area contributed by atoms with Crippen LogP contribution in [0.4, 0.5) is 0 Å². The Morgan fingerprint density at radius 3 is 2.33 bits per heavy atom. The SMILES string of the molecule is CN(CC1CC(c2ccc(CO)cc2)OC(c2ccc(CNC(=O)c3ccc4c(c3)C(=O)OC4=O)cc2)O1)CC(O)c1cccc(O)c1. The lowest BCUT2D eigenvalue weighted by Crippen LogP contribution is -2.39. The summed E-state index contributed by atoms with van der Waals surface area (Å²) < 4.78 is 17.5. The van der Waals surface area contributed by atoms with Crippen molar-refractivity contribution in [2.75, 3.05) is 20.1 Å². The molecule has 0 bridgehead atoms. The number of amides is 1. The number of cyclic esters (lactones) is 2. The molecule has 4 unspecified atom stereocenters. The summed E-state index contributed by atoms with van der Waals surface area (Å²) in [5.41, 5.74) is 4.45. The van der Waals surface area contributed by atoms with Crippen molar-refractivity contribution in [2.45, 2.75) is 44.2 Å². The molecule has 4 N–H and O–H groups in total. The number of likely N-dealkylation sites (N-methyl/N-ethyl adjacent to an activating group) is 1. The fourth-order valence-corrected chi connectivity index (χ4v) is 5.89. The monoisotopic (exact) mass is 652 g/mol.